The fraction of sp³-hybridized carbons (Fsp3) is 0.263. The summed E-state index contributed by atoms with van der Waals surface area (Å²) >= 11 is 0. The van der Waals surface area contributed by atoms with E-state index in [9.17, 15) is 19.8 Å². The predicted molar refractivity (Wildman–Crippen MR) is 178 cm³/mol. The molecule has 9 nitrogen and oxygen atoms in total. The van der Waals surface area contributed by atoms with Gasteiger partial charge in [-0.2, -0.15) is 0 Å². The Bertz CT molecular complexity index is 1800. The molecular weight excluding hydrogens is 594 g/mol. The Morgan fingerprint density at radius 3 is 1.85 bits per heavy atom. The zero-order valence-corrected chi connectivity index (χ0v) is 25.8. The van der Waals surface area contributed by atoms with Crippen molar-refractivity contribution in [3.05, 3.63) is 118 Å². The Labute approximate surface area is 272 Å². The molecule has 9 heteroatoms. The third-order valence-corrected chi connectivity index (χ3v) is 9.75. The summed E-state index contributed by atoms with van der Waals surface area (Å²) in [5, 5.41) is 22.8. The van der Waals surface area contributed by atoms with Gasteiger partial charge in [-0.3, -0.25) is 14.6 Å². The quantitative estimate of drug-likeness (QED) is 0.300. The summed E-state index contributed by atoms with van der Waals surface area (Å²) in [6.45, 7) is 1.57. The lowest BCUT2D eigenvalue weighted by molar-refractivity contribution is -0.152. The number of benzene rings is 4. The number of aliphatic hydroxyl groups excluding tert-OH is 1. The Morgan fingerprint density at radius 2 is 1.30 bits per heavy atom. The van der Waals surface area contributed by atoms with Crippen molar-refractivity contribution in [2.24, 2.45) is 0 Å². The number of urea groups is 1. The fourth-order valence-electron chi connectivity index (χ4n) is 7.36. The number of carbonyl (C=O) groups excluding carboxylic acids is 1. The smallest absolute Gasteiger partial charge is 0.329 e. The number of hydrogen-bond acceptors (Lipinski definition) is 6. The van der Waals surface area contributed by atoms with Gasteiger partial charge in [-0.15, -0.1) is 0 Å². The van der Waals surface area contributed by atoms with E-state index in [1.54, 1.807) is 14.7 Å². The van der Waals surface area contributed by atoms with Gasteiger partial charge >= 0.3 is 12.0 Å². The number of aliphatic hydroxyl groups is 1. The molecule has 0 saturated carbocycles. The molecule has 0 spiro atoms. The highest BCUT2D eigenvalue weighted by Crippen LogP contribution is 2.40. The summed E-state index contributed by atoms with van der Waals surface area (Å²) < 4.78 is 11.5. The third kappa shape index (κ3) is 5.21. The van der Waals surface area contributed by atoms with Gasteiger partial charge in [0.2, 0.25) is 0 Å². The van der Waals surface area contributed by atoms with Crippen molar-refractivity contribution in [3.63, 3.8) is 0 Å². The maximum absolute atomic E-state index is 14.4. The van der Waals surface area contributed by atoms with Crippen LogP contribution in [0.4, 0.5) is 16.2 Å². The Morgan fingerprint density at radius 1 is 0.745 bits per heavy atom. The summed E-state index contributed by atoms with van der Waals surface area (Å²) in [5.41, 5.74) is 7.15. The first-order chi connectivity index (χ1) is 23.0. The second-order valence-corrected chi connectivity index (χ2v) is 12.4. The van der Waals surface area contributed by atoms with Gasteiger partial charge in [-0.1, -0.05) is 72.8 Å². The first-order valence-corrected chi connectivity index (χ1v) is 16.1. The van der Waals surface area contributed by atoms with Gasteiger partial charge in [-0.25, -0.2) is 4.79 Å². The molecule has 2 N–H and O–H groups in total. The molecule has 4 heterocycles. The van der Waals surface area contributed by atoms with Gasteiger partial charge < -0.3 is 24.6 Å². The summed E-state index contributed by atoms with van der Waals surface area (Å²) in [7, 11) is 0. The van der Waals surface area contributed by atoms with Gasteiger partial charge in [-0.05, 0) is 57.6 Å². The Balaban J connectivity index is 1.12. The van der Waals surface area contributed by atoms with E-state index in [4.69, 9.17) is 9.47 Å². The number of nitrogens with zero attached hydrogens (tertiary/aromatic N) is 3. The number of para-hydroxylation sites is 2. The monoisotopic (exact) mass is 629 g/mol. The average Bonchev–Trinajstić information content (AvgIpc) is 3.74. The number of rotatable bonds is 5. The van der Waals surface area contributed by atoms with Crippen LogP contribution in [0.3, 0.4) is 0 Å². The van der Waals surface area contributed by atoms with Crippen LogP contribution in [0.25, 0.3) is 12.2 Å². The average molecular weight is 630 g/mol. The van der Waals surface area contributed by atoms with Crippen molar-refractivity contribution in [3.8, 4) is 11.5 Å². The Kier molecular flexibility index (Phi) is 7.42. The molecule has 1 unspecified atom stereocenters. The van der Waals surface area contributed by atoms with Crippen molar-refractivity contribution in [1.29, 1.82) is 0 Å². The summed E-state index contributed by atoms with van der Waals surface area (Å²) in [6.07, 6.45) is 4.37. The topological polar surface area (TPSA) is 103 Å². The van der Waals surface area contributed by atoms with Crippen molar-refractivity contribution >= 4 is 35.5 Å². The van der Waals surface area contributed by atoms with Crippen molar-refractivity contribution in [1.82, 2.24) is 9.80 Å². The normalized spacial score (nSPS) is 18.8. The van der Waals surface area contributed by atoms with Crippen LogP contribution in [-0.2, 0) is 17.6 Å². The zero-order chi connectivity index (χ0) is 32.1. The lowest BCUT2D eigenvalue weighted by Gasteiger charge is -2.44. The van der Waals surface area contributed by atoms with Gasteiger partial charge in [0.1, 0.15) is 23.8 Å². The molecule has 0 bridgehead atoms. The van der Waals surface area contributed by atoms with Gasteiger partial charge in [0.05, 0.1) is 24.6 Å². The number of hydrogen-bond donors (Lipinski definition) is 2. The lowest BCUT2D eigenvalue weighted by Crippen LogP contribution is -2.62. The molecule has 47 heavy (non-hydrogen) atoms. The second-order valence-electron chi connectivity index (χ2n) is 12.4. The summed E-state index contributed by atoms with van der Waals surface area (Å²) in [4.78, 5) is 32.2. The minimum atomic E-state index is -1.17. The minimum Gasteiger partial charge on any atom is -0.493 e. The van der Waals surface area contributed by atoms with E-state index in [0.717, 1.165) is 69.1 Å². The molecule has 1 fully saturated rings. The molecule has 4 aliphatic heterocycles. The number of ether oxygens (including phenoxy) is 2. The molecule has 2 amide bonds. The number of piperazine rings is 1. The van der Waals surface area contributed by atoms with Crippen LogP contribution in [0, 0.1) is 0 Å². The number of amides is 2. The van der Waals surface area contributed by atoms with Gasteiger partial charge in [0.15, 0.2) is 0 Å². The van der Waals surface area contributed by atoms with E-state index in [0.29, 0.717) is 13.2 Å². The zero-order valence-electron chi connectivity index (χ0n) is 25.8. The van der Waals surface area contributed by atoms with E-state index < -0.39 is 24.2 Å². The van der Waals surface area contributed by atoms with Crippen LogP contribution in [0.2, 0.25) is 0 Å². The maximum Gasteiger partial charge on any atom is 0.329 e. The first-order valence-electron chi connectivity index (χ1n) is 16.1. The van der Waals surface area contributed by atoms with Gasteiger partial charge in [0, 0.05) is 38.4 Å². The van der Waals surface area contributed by atoms with Crippen LogP contribution in [0.5, 0.6) is 11.5 Å². The lowest BCUT2D eigenvalue weighted by atomic mass is 9.86. The van der Waals surface area contributed by atoms with Crippen molar-refractivity contribution < 1.29 is 29.3 Å². The molecule has 4 aromatic carbocycles. The third-order valence-electron chi connectivity index (χ3n) is 9.75. The van der Waals surface area contributed by atoms with E-state index >= 15 is 0 Å². The maximum atomic E-state index is 14.4. The van der Waals surface area contributed by atoms with E-state index in [1.807, 2.05) is 84.9 Å². The highest BCUT2D eigenvalue weighted by Gasteiger charge is 2.42. The number of anilines is 2. The largest absolute Gasteiger partial charge is 0.493 e. The highest BCUT2D eigenvalue weighted by atomic mass is 16.5. The highest BCUT2D eigenvalue weighted by molar-refractivity contribution is 6.05. The van der Waals surface area contributed by atoms with Crippen LogP contribution in [0.15, 0.2) is 84.9 Å². The predicted octanol–water partition coefficient (Wildman–Crippen LogP) is 5.52. The van der Waals surface area contributed by atoms with Crippen molar-refractivity contribution in [2.75, 3.05) is 37.7 Å². The molecule has 4 aliphatic rings. The standard InChI is InChI=1S/C38H35N3O6/c42-36(35(28-11-13-33-26(21-28)15-19-46-33)29-12-14-34-27(22-29)16-20-47-34)40-18-17-39(23-32(40)37(43)44)38(45)41-30-7-3-1-5-24(30)9-10-25-6-2-4-8-31(25)41/h1-14,21-22,32,35-36,42H,15-20,23H2,(H,43,44)/t32-,36?/m0/s1. The molecule has 4 aromatic rings. The Hall–Kier alpha value is -5.12. The molecule has 8 rings (SSSR count). The SMILES string of the molecule is O=C(O)[C@@H]1CN(C(=O)N2c3ccccc3C=Cc3ccccc32)CCN1C(O)C(c1ccc2c(c1)CCO2)c1ccc2c(c1)CCO2. The van der Waals surface area contributed by atoms with Crippen LogP contribution >= 0.6 is 0 Å². The number of aliphatic carboxylic acids is 1. The van der Waals surface area contributed by atoms with Crippen LogP contribution < -0.4 is 14.4 Å². The summed E-state index contributed by atoms with van der Waals surface area (Å²) in [6, 6.07) is 25.9. The minimum absolute atomic E-state index is 0.0811. The van der Waals surface area contributed by atoms with Gasteiger partial charge in [0.25, 0.3) is 0 Å². The molecule has 238 valence electrons. The molecule has 2 atom stereocenters. The first kappa shape index (κ1) is 29.3. The van der Waals surface area contributed by atoms with E-state index in [1.165, 1.54) is 0 Å². The van der Waals surface area contributed by atoms with Crippen LogP contribution in [0.1, 0.15) is 39.3 Å². The number of carboxylic acids is 1. The summed E-state index contributed by atoms with van der Waals surface area (Å²) in [5.74, 6) is 0.0492. The molecule has 0 aliphatic carbocycles. The van der Waals surface area contributed by atoms with Crippen LogP contribution in [-0.4, -0.2) is 77.1 Å². The number of carboxylic acid groups (broad SMARTS) is 1. The molecule has 0 aromatic heterocycles. The number of fused-ring (bicyclic) bond motifs is 4. The van der Waals surface area contributed by atoms with E-state index in [2.05, 4.69) is 12.1 Å². The second kappa shape index (κ2) is 11.9. The van der Waals surface area contributed by atoms with Crippen molar-refractivity contribution in [2.45, 2.75) is 31.0 Å². The number of carbonyl (C=O) groups is 2. The fourth-order valence-corrected chi connectivity index (χ4v) is 7.36. The molecule has 0 radical (unpaired) electrons. The molecule has 1 saturated heterocycles. The molecular formula is C38H35N3O6. The van der Waals surface area contributed by atoms with E-state index in [-0.39, 0.29) is 25.7 Å².